The first-order chi connectivity index (χ1) is 14.7. The molecule has 1 atom stereocenters. The van der Waals surface area contributed by atoms with Gasteiger partial charge in [0.05, 0.1) is 13.0 Å². The molecule has 0 radical (unpaired) electrons. The summed E-state index contributed by atoms with van der Waals surface area (Å²) in [5.41, 5.74) is 4.70. The maximum Gasteiger partial charge on any atom is 0.304 e. The minimum absolute atomic E-state index is 0.0985. The zero-order chi connectivity index (χ0) is 20.8. The highest BCUT2D eigenvalue weighted by atomic mass is 16.5. The lowest BCUT2D eigenvalue weighted by Gasteiger charge is -2.17. The molecule has 2 aromatic rings. The number of hydrogen-bond acceptors (Lipinski definition) is 4. The molecule has 158 valence electrons. The van der Waals surface area contributed by atoms with Gasteiger partial charge in [-0.1, -0.05) is 30.4 Å². The second-order valence-electron chi connectivity index (χ2n) is 8.18. The van der Waals surface area contributed by atoms with Crippen molar-refractivity contribution in [2.75, 3.05) is 18.5 Å². The molecular weight excluding hydrogens is 376 g/mol. The van der Waals surface area contributed by atoms with Crippen molar-refractivity contribution in [2.24, 2.45) is 0 Å². The largest absolute Gasteiger partial charge is 0.493 e. The van der Waals surface area contributed by atoms with Crippen molar-refractivity contribution in [3.63, 3.8) is 0 Å². The summed E-state index contributed by atoms with van der Waals surface area (Å²) in [7, 11) is 0. The van der Waals surface area contributed by atoms with E-state index in [0.717, 1.165) is 67.9 Å². The molecule has 0 fully saturated rings. The summed E-state index contributed by atoms with van der Waals surface area (Å²) < 4.78 is 5.65. The summed E-state index contributed by atoms with van der Waals surface area (Å²) in [6.07, 6.45) is 11.6. The van der Waals surface area contributed by atoms with Gasteiger partial charge in [0, 0.05) is 24.6 Å². The summed E-state index contributed by atoms with van der Waals surface area (Å²) in [5.74, 6) is 1.07. The SMILES string of the molecule is O=C(O)CC(C=CCCCCc1ccc2c(n1)NCCC2)c1ccc2c(c1)OCC2. The number of carboxylic acid groups (broad SMARTS) is 1. The molecule has 0 aliphatic carbocycles. The van der Waals surface area contributed by atoms with E-state index >= 15 is 0 Å². The highest BCUT2D eigenvalue weighted by molar-refractivity contribution is 5.68. The van der Waals surface area contributed by atoms with Crippen LogP contribution in [-0.4, -0.2) is 29.2 Å². The van der Waals surface area contributed by atoms with Crippen molar-refractivity contribution >= 4 is 11.8 Å². The van der Waals surface area contributed by atoms with Gasteiger partial charge in [-0.25, -0.2) is 4.98 Å². The smallest absolute Gasteiger partial charge is 0.304 e. The van der Waals surface area contributed by atoms with Crippen LogP contribution in [0, 0.1) is 0 Å². The lowest BCUT2D eigenvalue weighted by molar-refractivity contribution is -0.137. The second-order valence-corrected chi connectivity index (χ2v) is 8.18. The predicted molar refractivity (Wildman–Crippen MR) is 118 cm³/mol. The van der Waals surface area contributed by atoms with E-state index in [-0.39, 0.29) is 12.3 Å². The van der Waals surface area contributed by atoms with E-state index in [2.05, 4.69) is 29.6 Å². The Hall–Kier alpha value is -2.82. The van der Waals surface area contributed by atoms with Crippen LogP contribution >= 0.6 is 0 Å². The van der Waals surface area contributed by atoms with E-state index in [1.807, 2.05) is 18.2 Å². The number of hydrogen-bond donors (Lipinski definition) is 2. The fourth-order valence-electron chi connectivity index (χ4n) is 4.24. The topological polar surface area (TPSA) is 71.5 Å². The molecule has 1 unspecified atom stereocenters. The van der Waals surface area contributed by atoms with E-state index < -0.39 is 5.97 Å². The number of anilines is 1. The van der Waals surface area contributed by atoms with E-state index in [0.29, 0.717) is 6.61 Å². The normalized spacial score (nSPS) is 15.9. The third-order valence-corrected chi connectivity index (χ3v) is 5.92. The van der Waals surface area contributed by atoms with Crippen LogP contribution < -0.4 is 10.1 Å². The third kappa shape index (κ3) is 5.21. The van der Waals surface area contributed by atoms with Gasteiger partial charge in [0.25, 0.3) is 0 Å². The molecule has 3 heterocycles. The van der Waals surface area contributed by atoms with Crippen molar-refractivity contribution in [1.29, 1.82) is 0 Å². The van der Waals surface area contributed by atoms with E-state index in [9.17, 15) is 9.90 Å². The Morgan fingerprint density at radius 1 is 1.20 bits per heavy atom. The molecule has 0 spiro atoms. The number of benzene rings is 1. The Bertz CT molecular complexity index is 923. The van der Waals surface area contributed by atoms with Crippen molar-refractivity contribution in [1.82, 2.24) is 4.98 Å². The summed E-state index contributed by atoms with van der Waals surface area (Å²) in [6.45, 7) is 1.73. The van der Waals surface area contributed by atoms with Crippen LogP contribution in [0.2, 0.25) is 0 Å². The zero-order valence-electron chi connectivity index (χ0n) is 17.4. The van der Waals surface area contributed by atoms with Gasteiger partial charge in [0.1, 0.15) is 11.6 Å². The van der Waals surface area contributed by atoms with Gasteiger partial charge in [-0.2, -0.15) is 0 Å². The first-order valence-electron chi connectivity index (χ1n) is 11.1. The van der Waals surface area contributed by atoms with Crippen molar-refractivity contribution < 1.29 is 14.6 Å². The summed E-state index contributed by atoms with van der Waals surface area (Å²) in [5, 5.41) is 12.7. The highest BCUT2D eigenvalue weighted by Crippen LogP contribution is 2.31. The number of nitrogens with one attached hydrogen (secondary N) is 1. The number of nitrogens with zero attached hydrogens (tertiary/aromatic N) is 1. The minimum Gasteiger partial charge on any atom is -0.493 e. The van der Waals surface area contributed by atoms with Crippen LogP contribution in [0.1, 0.15) is 60.4 Å². The van der Waals surface area contributed by atoms with Gasteiger partial charge < -0.3 is 15.2 Å². The van der Waals surface area contributed by atoms with Crippen LogP contribution in [0.15, 0.2) is 42.5 Å². The molecule has 2 aliphatic heterocycles. The molecule has 0 bridgehead atoms. The number of pyridine rings is 1. The number of aliphatic carboxylic acids is 1. The Kier molecular flexibility index (Phi) is 6.67. The van der Waals surface area contributed by atoms with E-state index in [1.54, 1.807) is 0 Å². The molecule has 0 amide bonds. The molecule has 0 saturated carbocycles. The zero-order valence-corrected chi connectivity index (χ0v) is 17.4. The quantitative estimate of drug-likeness (QED) is 0.458. The maximum atomic E-state index is 11.3. The van der Waals surface area contributed by atoms with Gasteiger partial charge in [-0.05, 0) is 67.3 Å². The number of aromatic nitrogens is 1. The van der Waals surface area contributed by atoms with Crippen LogP contribution in [0.5, 0.6) is 5.75 Å². The number of ether oxygens (including phenoxy) is 1. The lowest BCUT2D eigenvalue weighted by atomic mass is 9.93. The monoisotopic (exact) mass is 406 g/mol. The highest BCUT2D eigenvalue weighted by Gasteiger charge is 2.17. The van der Waals surface area contributed by atoms with Gasteiger partial charge in [0.2, 0.25) is 0 Å². The molecule has 4 rings (SSSR count). The standard InChI is InChI=1S/C25H30N2O3/c28-24(29)17-20(21-10-9-18-13-15-30-23(18)16-21)6-3-1-2-4-8-22-12-11-19-7-5-14-26-25(19)27-22/h3,6,9-12,16,20H,1-2,4-5,7-8,13-15,17H2,(H,26,27)(H,28,29). The van der Waals surface area contributed by atoms with Crippen molar-refractivity contribution in [3.8, 4) is 5.75 Å². The fraction of sp³-hybridized carbons (Fsp3) is 0.440. The molecule has 30 heavy (non-hydrogen) atoms. The minimum atomic E-state index is -0.779. The molecule has 5 heteroatoms. The number of unbranched alkanes of at least 4 members (excludes halogenated alkanes) is 2. The van der Waals surface area contributed by atoms with Crippen LogP contribution in [-0.2, 0) is 24.1 Å². The van der Waals surface area contributed by atoms with Crippen molar-refractivity contribution in [2.45, 2.75) is 57.3 Å². The molecule has 2 aliphatic rings. The Morgan fingerprint density at radius 2 is 2.10 bits per heavy atom. The van der Waals surface area contributed by atoms with Gasteiger partial charge in [0.15, 0.2) is 0 Å². The first-order valence-corrected chi connectivity index (χ1v) is 11.1. The van der Waals surface area contributed by atoms with Crippen LogP contribution in [0.25, 0.3) is 0 Å². The number of allylic oxidation sites excluding steroid dienone is 2. The lowest BCUT2D eigenvalue weighted by Crippen LogP contribution is -2.13. The van der Waals surface area contributed by atoms with E-state index in [4.69, 9.17) is 9.72 Å². The average Bonchev–Trinajstić information content (AvgIpc) is 3.23. The Balaban J connectivity index is 1.28. The van der Waals surface area contributed by atoms with Gasteiger partial charge in [-0.15, -0.1) is 0 Å². The fourth-order valence-corrected chi connectivity index (χ4v) is 4.24. The second kappa shape index (κ2) is 9.79. The molecule has 1 aromatic carbocycles. The van der Waals surface area contributed by atoms with Crippen LogP contribution in [0.3, 0.4) is 0 Å². The molecule has 5 nitrogen and oxygen atoms in total. The van der Waals surface area contributed by atoms with Gasteiger partial charge >= 0.3 is 5.97 Å². The van der Waals surface area contributed by atoms with E-state index in [1.165, 1.54) is 17.5 Å². The number of aryl methyl sites for hydroxylation is 2. The summed E-state index contributed by atoms with van der Waals surface area (Å²) in [4.78, 5) is 16.1. The maximum absolute atomic E-state index is 11.3. The Morgan fingerprint density at radius 3 is 3.00 bits per heavy atom. The first kappa shape index (κ1) is 20.5. The summed E-state index contributed by atoms with van der Waals surface area (Å²) in [6, 6.07) is 10.5. The Labute approximate surface area is 178 Å². The predicted octanol–water partition coefficient (Wildman–Crippen LogP) is 4.90. The molecule has 0 saturated heterocycles. The average molecular weight is 407 g/mol. The molecule has 1 aromatic heterocycles. The van der Waals surface area contributed by atoms with Crippen molar-refractivity contribution in [3.05, 3.63) is 64.9 Å². The third-order valence-electron chi connectivity index (χ3n) is 5.92. The number of carbonyl (C=O) groups is 1. The number of carboxylic acids is 1. The van der Waals surface area contributed by atoms with Crippen LogP contribution in [0.4, 0.5) is 5.82 Å². The molecule has 2 N–H and O–H groups in total. The van der Waals surface area contributed by atoms with Gasteiger partial charge in [-0.3, -0.25) is 4.79 Å². The summed E-state index contributed by atoms with van der Waals surface area (Å²) >= 11 is 0. The number of fused-ring (bicyclic) bond motifs is 2. The number of rotatable bonds is 9. The molecular formula is C25H30N2O3.